The minimum atomic E-state index is 0.814. The van der Waals surface area contributed by atoms with E-state index >= 15 is 0 Å². The largest absolute Gasteiger partial charge is 0.317 e. The van der Waals surface area contributed by atoms with Crippen LogP contribution in [0.5, 0.6) is 0 Å². The van der Waals surface area contributed by atoms with Gasteiger partial charge in [0.1, 0.15) is 0 Å². The van der Waals surface area contributed by atoms with Crippen LogP contribution in [0.4, 0.5) is 0 Å². The van der Waals surface area contributed by atoms with Crippen molar-refractivity contribution in [1.82, 2.24) is 15.1 Å². The van der Waals surface area contributed by atoms with Crippen molar-refractivity contribution in [2.24, 2.45) is 0 Å². The second-order valence-electron chi connectivity index (χ2n) is 4.59. The van der Waals surface area contributed by atoms with Crippen LogP contribution < -0.4 is 5.32 Å². The van der Waals surface area contributed by atoms with Gasteiger partial charge in [0.25, 0.3) is 0 Å². The summed E-state index contributed by atoms with van der Waals surface area (Å²) >= 11 is 3.57. The van der Waals surface area contributed by atoms with E-state index in [2.05, 4.69) is 57.7 Å². The van der Waals surface area contributed by atoms with Crippen LogP contribution in [0.2, 0.25) is 0 Å². The van der Waals surface area contributed by atoms with Crippen molar-refractivity contribution < 1.29 is 0 Å². The summed E-state index contributed by atoms with van der Waals surface area (Å²) in [6.45, 7) is 5.07. The number of aromatic nitrogens is 2. The van der Waals surface area contributed by atoms with Crippen molar-refractivity contribution in [3.05, 3.63) is 52.3 Å². The van der Waals surface area contributed by atoms with Gasteiger partial charge < -0.3 is 5.32 Å². The van der Waals surface area contributed by atoms with Gasteiger partial charge in [0.2, 0.25) is 0 Å². The van der Waals surface area contributed by atoms with Gasteiger partial charge in [-0.15, -0.1) is 0 Å². The van der Waals surface area contributed by atoms with E-state index in [0.717, 1.165) is 36.9 Å². The molecule has 1 N–H and O–H groups in total. The Balaban J connectivity index is 1.89. The zero-order valence-corrected chi connectivity index (χ0v) is 12.9. The first-order chi connectivity index (χ1) is 9.29. The lowest BCUT2D eigenvalue weighted by Gasteiger charge is -2.04. The minimum absolute atomic E-state index is 0.814. The second kappa shape index (κ2) is 7.46. The van der Waals surface area contributed by atoms with Gasteiger partial charge >= 0.3 is 0 Å². The van der Waals surface area contributed by atoms with E-state index in [1.165, 1.54) is 11.1 Å². The van der Waals surface area contributed by atoms with E-state index in [4.69, 9.17) is 0 Å². The molecule has 0 aliphatic heterocycles. The maximum Gasteiger partial charge on any atom is 0.0670 e. The molecule has 0 aliphatic rings. The van der Waals surface area contributed by atoms with Crippen LogP contribution in [0.15, 0.2) is 41.1 Å². The predicted molar refractivity (Wildman–Crippen MR) is 82.3 cm³/mol. The zero-order chi connectivity index (χ0) is 13.5. The summed E-state index contributed by atoms with van der Waals surface area (Å²) in [5, 5.41) is 7.77. The summed E-state index contributed by atoms with van der Waals surface area (Å²) in [5.41, 5.74) is 2.56. The van der Waals surface area contributed by atoms with Crippen LogP contribution in [-0.2, 0) is 13.0 Å². The lowest BCUT2D eigenvalue weighted by molar-refractivity contribution is 0.669. The molecule has 0 amide bonds. The molecule has 0 fully saturated rings. The van der Waals surface area contributed by atoms with Crippen molar-refractivity contribution >= 4 is 15.9 Å². The lowest BCUT2D eigenvalue weighted by atomic mass is 10.2. The normalized spacial score (nSPS) is 10.8. The van der Waals surface area contributed by atoms with Crippen LogP contribution in [0.1, 0.15) is 24.5 Å². The molecule has 0 radical (unpaired) electrons. The third-order valence-corrected chi connectivity index (χ3v) is 3.82. The highest BCUT2D eigenvalue weighted by Gasteiger charge is 2.02. The maximum absolute atomic E-state index is 4.43. The highest BCUT2D eigenvalue weighted by molar-refractivity contribution is 9.10. The Kier molecular flexibility index (Phi) is 5.61. The fourth-order valence-electron chi connectivity index (χ4n) is 2.02. The average molecular weight is 322 g/mol. The molecule has 1 aromatic heterocycles. The molecule has 2 rings (SSSR count). The number of nitrogens with zero attached hydrogens (tertiary/aromatic N) is 2. The van der Waals surface area contributed by atoms with E-state index in [1.54, 1.807) is 0 Å². The highest BCUT2D eigenvalue weighted by Crippen LogP contribution is 2.17. The highest BCUT2D eigenvalue weighted by atomic mass is 79.9. The van der Waals surface area contributed by atoms with E-state index in [0.29, 0.717) is 0 Å². The summed E-state index contributed by atoms with van der Waals surface area (Å²) in [4.78, 5) is 0. The predicted octanol–water partition coefficient (Wildman–Crippen LogP) is 3.24. The number of aryl methyl sites for hydroxylation is 1. The van der Waals surface area contributed by atoms with Gasteiger partial charge in [0, 0.05) is 10.7 Å². The van der Waals surface area contributed by atoms with Crippen LogP contribution in [0.3, 0.4) is 0 Å². The number of nitrogens with one attached hydrogen (secondary N) is 1. The van der Waals surface area contributed by atoms with Crippen LogP contribution in [0, 0.1) is 0 Å². The molecule has 1 aromatic carbocycles. The molecule has 0 bridgehead atoms. The van der Waals surface area contributed by atoms with Crippen molar-refractivity contribution in [1.29, 1.82) is 0 Å². The van der Waals surface area contributed by atoms with E-state index < -0.39 is 0 Å². The first kappa shape index (κ1) is 14.3. The molecule has 0 aliphatic carbocycles. The molecule has 102 valence electrons. The molecule has 1 heterocycles. The number of hydrogen-bond donors (Lipinski definition) is 1. The van der Waals surface area contributed by atoms with Gasteiger partial charge in [-0.05, 0) is 43.1 Å². The number of benzene rings is 1. The van der Waals surface area contributed by atoms with Gasteiger partial charge in [-0.25, -0.2) is 0 Å². The third kappa shape index (κ3) is 4.48. The zero-order valence-electron chi connectivity index (χ0n) is 11.3. The molecular weight excluding hydrogens is 302 g/mol. The first-order valence-electron chi connectivity index (χ1n) is 6.75. The van der Waals surface area contributed by atoms with Crippen LogP contribution in [0.25, 0.3) is 0 Å². The Bertz CT molecular complexity index is 508. The number of hydrogen-bond acceptors (Lipinski definition) is 2. The number of halogens is 1. The number of rotatable bonds is 7. The molecule has 3 nitrogen and oxygen atoms in total. The lowest BCUT2D eigenvalue weighted by Crippen LogP contribution is -2.14. The second-order valence-corrected chi connectivity index (χ2v) is 5.45. The quantitative estimate of drug-likeness (QED) is 0.793. The first-order valence-corrected chi connectivity index (χ1v) is 7.54. The summed E-state index contributed by atoms with van der Waals surface area (Å²) in [5.74, 6) is 0. The van der Waals surface area contributed by atoms with Gasteiger partial charge in [-0.1, -0.05) is 41.1 Å². The van der Waals surface area contributed by atoms with E-state index in [9.17, 15) is 0 Å². The molecule has 4 heteroatoms. The third-order valence-electron chi connectivity index (χ3n) is 3.05. The fourth-order valence-corrected chi connectivity index (χ4v) is 2.43. The Morgan fingerprint density at radius 1 is 1.32 bits per heavy atom. The van der Waals surface area contributed by atoms with Crippen molar-refractivity contribution in [2.45, 2.75) is 26.3 Å². The van der Waals surface area contributed by atoms with Crippen LogP contribution >= 0.6 is 15.9 Å². The Hall–Kier alpha value is -1.13. The van der Waals surface area contributed by atoms with Crippen molar-refractivity contribution in [2.75, 3.05) is 13.1 Å². The molecule has 2 aromatic rings. The van der Waals surface area contributed by atoms with Gasteiger partial charge in [0.05, 0.1) is 12.7 Å². The fraction of sp³-hybridized carbons (Fsp3) is 0.400. The monoisotopic (exact) mass is 321 g/mol. The van der Waals surface area contributed by atoms with E-state index in [-0.39, 0.29) is 0 Å². The van der Waals surface area contributed by atoms with Gasteiger partial charge in [-0.2, -0.15) is 5.10 Å². The van der Waals surface area contributed by atoms with Gasteiger partial charge in [0.15, 0.2) is 0 Å². The molecule has 0 spiro atoms. The van der Waals surface area contributed by atoms with E-state index in [1.807, 2.05) is 16.9 Å². The average Bonchev–Trinajstić information content (AvgIpc) is 2.85. The SMILES string of the molecule is CCNCCCc1cnn(Cc2ccccc2Br)c1. The molecule has 0 atom stereocenters. The summed E-state index contributed by atoms with van der Waals surface area (Å²) in [6, 6.07) is 8.27. The molecule has 0 saturated carbocycles. The topological polar surface area (TPSA) is 29.9 Å². The standard InChI is InChI=1S/C15H20BrN3/c1-2-17-9-5-6-13-10-18-19(11-13)12-14-7-3-4-8-15(14)16/h3-4,7-8,10-11,17H,2,5-6,9,12H2,1H3. The molecule has 0 unspecified atom stereocenters. The maximum atomic E-state index is 4.43. The summed E-state index contributed by atoms with van der Waals surface area (Å²) in [6.07, 6.45) is 6.37. The Morgan fingerprint density at radius 2 is 2.16 bits per heavy atom. The Morgan fingerprint density at radius 3 is 2.95 bits per heavy atom. The molecule has 19 heavy (non-hydrogen) atoms. The molecule has 0 saturated heterocycles. The minimum Gasteiger partial charge on any atom is -0.317 e. The summed E-state index contributed by atoms with van der Waals surface area (Å²) in [7, 11) is 0. The smallest absolute Gasteiger partial charge is 0.0670 e. The van der Waals surface area contributed by atoms with Gasteiger partial charge in [-0.3, -0.25) is 4.68 Å². The Labute approximate surface area is 123 Å². The molecular formula is C15H20BrN3. The van der Waals surface area contributed by atoms with Crippen molar-refractivity contribution in [3.63, 3.8) is 0 Å². The van der Waals surface area contributed by atoms with Crippen LogP contribution in [-0.4, -0.2) is 22.9 Å². The summed E-state index contributed by atoms with van der Waals surface area (Å²) < 4.78 is 3.14. The van der Waals surface area contributed by atoms with Crippen molar-refractivity contribution in [3.8, 4) is 0 Å².